The first-order valence-electron chi connectivity index (χ1n) is 10.7. The topological polar surface area (TPSA) is 61.9 Å². The summed E-state index contributed by atoms with van der Waals surface area (Å²) in [5.74, 6) is 0.985. The molecule has 1 saturated heterocycles. The molecule has 1 fully saturated rings. The largest absolute Gasteiger partial charge is 0.497 e. The van der Waals surface area contributed by atoms with E-state index >= 15 is 0 Å². The van der Waals surface area contributed by atoms with Gasteiger partial charge in [0, 0.05) is 49.7 Å². The summed E-state index contributed by atoms with van der Waals surface area (Å²) >= 11 is 5.96. The number of carbonyl (C=O) groups excluding carboxylic acids is 2. The number of hydrogen-bond acceptors (Lipinski definition) is 4. The Morgan fingerprint density at radius 3 is 2.58 bits per heavy atom. The number of anilines is 1. The van der Waals surface area contributed by atoms with Crippen LogP contribution in [-0.4, -0.2) is 61.4 Å². The lowest BCUT2D eigenvalue weighted by Crippen LogP contribution is -2.36. The minimum Gasteiger partial charge on any atom is -0.497 e. The number of nitrogens with zero attached hydrogens (tertiary/aromatic N) is 2. The quantitative estimate of drug-likeness (QED) is 0.673. The van der Waals surface area contributed by atoms with Gasteiger partial charge in [-0.25, -0.2) is 0 Å². The first-order chi connectivity index (χ1) is 15.0. The van der Waals surface area contributed by atoms with Gasteiger partial charge < -0.3 is 19.9 Å². The Morgan fingerprint density at radius 2 is 1.84 bits per heavy atom. The molecule has 6 nitrogen and oxygen atoms in total. The van der Waals surface area contributed by atoms with Gasteiger partial charge in [0.15, 0.2) is 0 Å². The second-order valence-electron chi connectivity index (χ2n) is 7.73. The van der Waals surface area contributed by atoms with E-state index in [-0.39, 0.29) is 11.8 Å². The summed E-state index contributed by atoms with van der Waals surface area (Å²) in [4.78, 5) is 29.1. The lowest BCUT2D eigenvalue weighted by atomic mass is 10.1. The standard InChI is InChI=1S/C24H30ClN3O3/c1-31-22-9-6-19(7-10-22)8-11-24(30)28-14-3-13-27(16-17-28)15-12-23(29)26-21-5-2-4-20(25)18-21/h2,4-7,9-10,18H,3,8,11-17H2,1H3,(H,26,29). The minimum absolute atomic E-state index is 0.0288. The molecule has 166 valence electrons. The first kappa shape index (κ1) is 23.1. The van der Waals surface area contributed by atoms with Crippen molar-refractivity contribution in [2.24, 2.45) is 0 Å². The molecule has 0 atom stereocenters. The summed E-state index contributed by atoms with van der Waals surface area (Å²) in [6.07, 6.45) is 2.57. The van der Waals surface area contributed by atoms with E-state index in [2.05, 4.69) is 10.2 Å². The molecule has 2 amide bonds. The molecular formula is C24H30ClN3O3. The number of amides is 2. The number of methoxy groups -OCH3 is 1. The third kappa shape index (κ3) is 7.56. The van der Waals surface area contributed by atoms with Crippen molar-refractivity contribution in [3.8, 4) is 5.75 Å². The van der Waals surface area contributed by atoms with Crippen molar-refractivity contribution in [1.82, 2.24) is 9.80 Å². The predicted molar refractivity (Wildman–Crippen MR) is 124 cm³/mol. The van der Waals surface area contributed by atoms with E-state index in [0.717, 1.165) is 43.8 Å². The van der Waals surface area contributed by atoms with E-state index in [0.29, 0.717) is 36.6 Å². The van der Waals surface area contributed by atoms with Gasteiger partial charge in [-0.3, -0.25) is 9.59 Å². The van der Waals surface area contributed by atoms with Crippen LogP contribution in [0.1, 0.15) is 24.8 Å². The SMILES string of the molecule is COc1ccc(CCC(=O)N2CCCN(CCC(=O)Nc3cccc(Cl)c3)CC2)cc1. The lowest BCUT2D eigenvalue weighted by molar-refractivity contribution is -0.131. The van der Waals surface area contributed by atoms with Crippen LogP contribution in [0.15, 0.2) is 48.5 Å². The molecular weight excluding hydrogens is 414 g/mol. The number of rotatable bonds is 8. The molecule has 0 spiro atoms. The monoisotopic (exact) mass is 443 g/mol. The minimum atomic E-state index is -0.0288. The maximum Gasteiger partial charge on any atom is 0.225 e. The highest BCUT2D eigenvalue weighted by atomic mass is 35.5. The van der Waals surface area contributed by atoms with E-state index in [1.54, 1.807) is 19.2 Å². The summed E-state index contributed by atoms with van der Waals surface area (Å²) in [5, 5.41) is 3.48. The Bertz CT molecular complexity index is 873. The Hall–Kier alpha value is -2.57. The number of hydrogen-bond donors (Lipinski definition) is 1. The van der Waals surface area contributed by atoms with Crippen LogP contribution in [0.2, 0.25) is 5.02 Å². The van der Waals surface area contributed by atoms with E-state index in [1.165, 1.54) is 0 Å². The Morgan fingerprint density at radius 1 is 1.03 bits per heavy atom. The highest BCUT2D eigenvalue weighted by molar-refractivity contribution is 6.30. The van der Waals surface area contributed by atoms with Gasteiger partial charge in [-0.1, -0.05) is 29.8 Å². The van der Waals surface area contributed by atoms with Gasteiger partial charge in [-0.15, -0.1) is 0 Å². The first-order valence-corrected chi connectivity index (χ1v) is 11.1. The predicted octanol–water partition coefficient (Wildman–Crippen LogP) is 3.84. The molecule has 1 heterocycles. The zero-order valence-corrected chi connectivity index (χ0v) is 18.7. The van der Waals surface area contributed by atoms with Crippen LogP contribution in [0, 0.1) is 0 Å². The molecule has 0 aromatic heterocycles. The Labute approximate surface area is 189 Å². The van der Waals surface area contributed by atoms with Crippen LogP contribution in [0.4, 0.5) is 5.69 Å². The van der Waals surface area contributed by atoms with Gasteiger partial charge in [0.2, 0.25) is 11.8 Å². The summed E-state index contributed by atoms with van der Waals surface area (Å²) in [6.45, 7) is 3.84. The molecule has 3 rings (SSSR count). The number of carbonyl (C=O) groups is 2. The van der Waals surface area contributed by atoms with Crippen molar-refractivity contribution in [2.75, 3.05) is 45.2 Å². The smallest absolute Gasteiger partial charge is 0.225 e. The highest BCUT2D eigenvalue weighted by Crippen LogP contribution is 2.16. The Balaban J connectivity index is 1.38. The normalized spacial score (nSPS) is 14.7. The third-order valence-electron chi connectivity index (χ3n) is 5.49. The van der Waals surface area contributed by atoms with Crippen molar-refractivity contribution >= 4 is 29.1 Å². The molecule has 1 N–H and O–H groups in total. The third-order valence-corrected chi connectivity index (χ3v) is 5.73. The van der Waals surface area contributed by atoms with Crippen LogP contribution >= 0.6 is 11.6 Å². The molecule has 0 unspecified atom stereocenters. The number of halogens is 1. The molecule has 2 aromatic rings. The molecule has 2 aromatic carbocycles. The van der Waals surface area contributed by atoms with Crippen molar-refractivity contribution < 1.29 is 14.3 Å². The van der Waals surface area contributed by atoms with Crippen molar-refractivity contribution in [1.29, 1.82) is 0 Å². The maximum atomic E-state index is 12.7. The van der Waals surface area contributed by atoms with Gasteiger partial charge in [-0.05, 0) is 55.3 Å². The molecule has 7 heteroatoms. The van der Waals surface area contributed by atoms with Gasteiger partial charge in [0.05, 0.1) is 7.11 Å². The van der Waals surface area contributed by atoms with E-state index in [4.69, 9.17) is 16.3 Å². The van der Waals surface area contributed by atoms with Crippen molar-refractivity contribution in [3.05, 3.63) is 59.1 Å². The summed E-state index contributed by atoms with van der Waals surface area (Å²) < 4.78 is 5.17. The molecule has 1 aliphatic heterocycles. The molecule has 0 aliphatic carbocycles. The average Bonchev–Trinajstić information content (AvgIpc) is 3.02. The fraction of sp³-hybridized carbons (Fsp3) is 0.417. The molecule has 0 saturated carbocycles. The molecule has 1 aliphatic rings. The number of nitrogens with one attached hydrogen (secondary N) is 1. The van der Waals surface area contributed by atoms with Crippen LogP contribution in [0.25, 0.3) is 0 Å². The van der Waals surface area contributed by atoms with E-state index < -0.39 is 0 Å². The number of aryl methyl sites for hydroxylation is 1. The maximum absolute atomic E-state index is 12.7. The van der Waals surface area contributed by atoms with Crippen molar-refractivity contribution in [3.63, 3.8) is 0 Å². The zero-order valence-electron chi connectivity index (χ0n) is 18.0. The Kier molecular flexibility index (Phi) is 8.74. The number of ether oxygens (including phenoxy) is 1. The van der Waals surface area contributed by atoms with Gasteiger partial charge in [0.25, 0.3) is 0 Å². The summed E-state index contributed by atoms with van der Waals surface area (Å²) in [6, 6.07) is 15.0. The van der Waals surface area contributed by atoms with Crippen LogP contribution in [0.3, 0.4) is 0 Å². The highest BCUT2D eigenvalue weighted by Gasteiger charge is 2.19. The summed E-state index contributed by atoms with van der Waals surface area (Å²) in [5.41, 5.74) is 1.85. The van der Waals surface area contributed by atoms with E-state index in [9.17, 15) is 9.59 Å². The summed E-state index contributed by atoms with van der Waals surface area (Å²) in [7, 11) is 1.65. The fourth-order valence-electron chi connectivity index (χ4n) is 3.69. The van der Waals surface area contributed by atoms with Gasteiger partial charge in [-0.2, -0.15) is 0 Å². The molecule has 0 radical (unpaired) electrons. The fourth-order valence-corrected chi connectivity index (χ4v) is 3.89. The second-order valence-corrected chi connectivity index (χ2v) is 8.17. The van der Waals surface area contributed by atoms with Gasteiger partial charge in [0.1, 0.15) is 5.75 Å². The second kappa shape index (κ2) is 11.7. The van der Waals surface area contributed by atoms with E-state index in [1.807, 2.05) is 41.3 Å². The zero-order chi connectivity index (χ0) is 22.1. The number of benzene rings is 2. The molecule has 31 heavy (non-hydrogen) atoms. The van der Waals surface area contributed by atoms with Crippen LogP contribution in [0.5, 0.6) is 5.75 Å². The van der Waals surface area contributed by atoms with Crippen LogP contribution < -0.4 is 10.1 Å². The lowest BCUT2D eigenvalue weighted by Gasteiger charge is -2.22. The molecule has 0 bridgehead atoms. The average molecular weight is 444 g/mol. The van der Waals surface area contributed by atoms with Gasteiger partial charge >= 0.3 is 0 Å². The van der Waals surface area contributed by atoms with Crippen molar-refractivity contribution in [2.45, 2.75) is 25.7 Å². The van der Waals surface area contributed by atoms with Crippen LogP contribution in [-0.2, 0) is 16.0 Å².